The fourth-order valence-corrected chi connectivity index (χ4v) is 3.83. The molecule has 146 valence electrons. The van der Waals surface area contributed by atoms with Crippen LogP contribution in [0.25, 0.3) is 5.57 Å². The number of aliphatic hydroxyl groups is 1. The third-order valence-electron chi connectivity index (χ3n) is 5.53. The summed E-state index contributed by atoms with van der Waals surface area (Å²) < 4.78 is 0. The summed E-state index contributed by atoms with van der Waals surface area (Å²) in [6.07, 6.45) is 0. The quantitative estimate of drug-likeness (QED) is 0.631. The monoisotopic (exact) mass is 383 g/mol. The lowest BCUT2D eigenvalue weighted by Gasteiger charge is -2.27. The van der Waals surface area contributed by atoms with Crippen LogP contribution in [0.4, 0.5) is 0 Å². The zero-order valence-corrected chi connectivity index (χ0v) is 17.0. The number of carbonyl (C=O) groups is 1. The van der Waals surface area contributed by atoms with Crippen molar-refractivity contribution < 1.29 is 9.90 Å². The zero-order valence-electron chi connectivity index (χ0n) is 17.0. The van der Waals surface area contributed by atoms with Gasteiger partial charge in [-0.3, -0.25) is 4.79 Å². The summed E-state index contributed by atoms with van der Waals surface area (Å²) in [5.74, 6) is -0.488. The molecule has 1 amide bonds. The van der Waals surface area contributed by atoms with Crippen LogP contribution in [0, 0.1) is 20.8 Å². The first kappa shape index (κ1) is 19.0. The largest absolute Gasteiger partial charge is 0.503 e. The molecule has 1 heterocycles. The SMILES string of the molecule is Cc1ccc(CN2C(=O)C(O)=C(c3ccc(C)cc3)[C@@H]2c2ccc(C)cc2)cc1. The first-order chi connectivity index (χ1) is 13.9. The smallest absolute Gasteiger partial charge is 0.290 e. The van der Waals surface area contributed by atoms with Crippen molar-refractivity contribution in [2.45, 2.75) is 33.4 Å². The predicted molar refractivity (Wildman–Crippen MR) is 116 cm³/mol. The Hall–Kier alpha value is -3.33. The number of rotatable bonds is 4. The molecule has 1 N–H and O–H groups in total. The van der Waals surface area contributed by atoms with E-state index in [-0.39, 0.29) is 17.7 Å². The molecule has 0 bridgehead atoms. The molecule has 1 aliphatic heterocycles. The van der Waals surface area contributed by atoms with Gasteiger partial charge in [-0.05, 0) is 37.5 Å². The molecular weight excluding hydrogens is 358 g/mol. The van der Waals surface area contributed by atoms with Crippen molar-refractivity contribution >= 4 is 11.5 Å². The van der Waals surface area contributed by atoms with E-state index in [0.29, 0.717) is 12.1 Å². The summed E-state index contributed by atoms with van der Waals surface area (Å²) in [7, 11) is 0. The van der Waals surface area contributed by atoms with Crippen LogP contribution in [0.3, 0.4) is 0 Å². The van der Waals surface area contributed by atoms with Gasteiger partial charge in [0.25, 0.3) is 5.91 Å². The van der Waals surface area contributed by atoms with Gasteiger partial charge in [0.15, 0.2) is 5.76 Å². The Balaban J connectivity index is 1.80. The Morgan fingerprint density at radius 1 is 0.759 bits per heavy atom. The molecule has 0 aromatic heterocycles. The third kappa shape index (κ3) is 3.68. The van der Waals surface area contributed by atoms with Crippen molar-refractivity contribution in [1.29, 1.82) is 0 Å². The summed E-state index contributed by atoms with van der Waals surface area (Å²) >= 11 is 0. The van der Waals surface area contributed by atoms with Gasteiger partial charge in [0.1, 0.15) is 0 Å². The van der Waals surface area contributed by atoms with E-state index < -0.39 is 0 Å². The van der Waals surface area contributed by atoms with E-state index in [0.717, 1.165) is 27.8 Å². The number of hydrogen-bond donors (Lipinski definition) is 1. The molecule has 29 heavy (non-hydrogen) atoms. The van der Waals surface area contributed by atoms with Crippen molar-refractivity contribution in [3.05, 3.63) is 112 Å². The maximum Gasteiger partial charge on any atom is 0.290 e. The molecule has 3 aromatic carbocycles. The number of amides is 1. The van der Waals surface area contributed by atoms with Crippen LogP contribution in [0.2, 0.25) is 0 Å². The molecule has 1 aliphatic rings. The minimum atomic E-state index is -0.327. The highest BCUT2D eigenvalue weighted by molar-refractivity contribution is 6.05. The van der Waals surface area contributed by atoms with Crippen molar-refractivity contribution in [2.24, 2.45) is 0 Å². The molecular formula is C26H25NO2. The highest BCUT2D eigenvalue weighted by Gasteiger charge is 2.40. The maximum absolute atomic E-state index is 13.1. The van der Waals surface area contributed by atoms with Gasteiger partial charge in [-0.15, -0.1) is 0 Å². The van der Waals surface area contributed by atoms with E-state index in [4.69, 9.17) is 0 Å². The molecule has 3 heteroatoms. The highest BCUT2D eigenvalue weighted by atomic mass is 16.3. The van der Waals surface area contributed by atoms with Crippen molar-refractivity contribution in [3.63, 3.8) is 0 Å². The Morgan fingerprint density at radius 2 is 1.24 bits per heavy atom. The number of nitrogens with zero attached hydrogens (tertiary/aromatic N) is 1. The predicted octanol–water partition coefficient (Wildman–Crippen LogP) is 5.66. The van der Waals surface area contributed by atoms with Crippen molar-refractivity contribution in [2.75, 3.05) is 0 Å². The summed E-state index contributed by atoms with van der Waals surface area (Å²) in [6, 6.07) is 24.0. The number of benzene rings is 3. The minimum absolute atomic E-state index is 0.161. The van der Waals surface area contributed by atoms with E-state index in [9.17, 15) is 9.90 Å². The Kier molecular flexibility index (Phi) is 4.98. The topological polar surface area (TPSA) is 40.5 Å². The van der Waals surface area contributed by atoms with Gasteiger partial charge in [-0.1, -0.05) is 89.5 Å². The fraction of sp³-hybridized carbons (Fsp3) is 0.192. The second kappa shape index (κ2) is 7.59. The molecule has 0 aliphatic carbocycles. The maximum atomic E-state index is 13.1. The van der Waals surface area contributed by atoms with Gasteiger partial charge in [0, 0.05) is 12.1 Å². The second-order valence-corrected chi connectivity index (χ2v) is 7.86. The lowest BCUT2D eigenvalue weighted by atomic mass is 9.92. The number of aliphatic hydroxyl groups excluding tert-OH is 1. The molecule has 3 nitrogen and oxygen atoms in total. The highest BCUT2D eigenvalue weighted by Crippen LogP contribution is 2.43. The van der Waals surface area contributed by atoms with E-state index in [2.05, 4.69) is 0 Å². The molecule has 0 fully saturated rings. The molecule has 0 saturated heterocycles. The van der Waals surface area contributed by atoms with E-state index in [1.54, 1.807) is 4.90 Å². The van der Waals surface area contributed by atoms with Gasteiger partial charge in [-0.25, -0.2) is 0 Å². The summed E-state index contributed by atoms with van der Waals surface area (Å²) in [6.45, 7) is 6.56. The van der Waals surface area contributed by atoms with Gasteiger partial charge >= 0.3 is 0 Å². The molecule has 4 rings (SSSR count). The van der Waals surface area contributed by atoms with Crippen LogP contribution >= 0.6 is 0 Å². The Morgan fingerprint density at radius 3 is 1.79 bits per heavy atom. The first-order valence-corrected chi connectivity index (χ1v) is 9.87. The lowest BCUT2D eigenvalue weighted by Crippen LogP contribution is -2.29. The minimum Gasteiger partial charge on any atom is -0.503 e. The molecule has 0 saturated carbocycles. The summed E-state index contributed by atoms with van der Waals surface area (Å²) in [4.78, 5) is 14.9. The van der Waals surface area contributed by atoms with Crippen LogP contribution in [-0.4, -0.2) is 15.9 Å². The van der Waals surface area contributed by atoms with Gasteiger partial charge in [-0.2, -0.15) is 0 Å². The lowest BCUT2D eigenvalue weighted by molar-refractivity contribution is -0.130. The van der Waals surface area contributed by atoms with Gasteiger partial charge in [0.2, 0.25) is 0 Å². The van der Waals surface area contributed by atoms with E-state index in [1.807, 2.05) is 93.6 Å². The third-order valence-corrected chi connectivity index (χ3v) is 5.53. The average molecular weight is 383 g/mol. The fourth-order valence-electron chi connectivity index (χ4n) is 3.83. The molecule has 0 radical (unpaired) electrons. The molecule has 0 unspecified atom stereocenters. The molecule has 3 aromatic rings. The second-order valence-electron chi connectivity index (χ2n) is 7.86. The standard InChI is InChI=1S/C26H25NO2/c1-17-4-10-20(11-5-17)16-27-24(22-14-8-19(3)9-15-22)23(25(28)26(27)29)21-12-6-18(2)7-13-21/h4-15,24,28H,16H2,1-3H3/t24-/m0/s1. The van der Waals surface area contributed by atoms with Crippen LogP contribution in [0.15, 0.2) is 78.6 Å². The summed E-state index contributed by atoms with van der Waals surface area (Å²) in [5, 5.41) is 10.8. The van der Waals surface area contributed by atoms with Crippen molar-refractivity contribution in [1.82, 2.24) is 4.90 Å². The molecule has 0 spiro atoms. The van der Waals surface area contributed by atoms with E-state index in [1.165, 1.54) is 5.56 Å². The Labute approximate surface area is 171 Å². The first-order valence-electron chi connectivity index (χ1n) is 9.87. The van der Waals surface area contributed by atoms with Crippen molar-refractivity contribution in [3.8, 4) is 0 Å². The van der Waals surface area contributed by atoms with Crippen LogP contribution in [0.5, 0.6) is 0 Å². The van der Waals surface area contributed by atoms with Crippen LogP contribution < -0.4 is 0 Å². The summed E-state index contributed by atoms with van der Waals surface area (Å²) in [5.41, 5.74) is 7.06. The van der Waals surface area contributed by atoms with Gasteiger partial charge < -0.3 is 10.0 Å². The zero-order chi connectivity index (χ0) is 20.5. The molecule has 1 atom stereocenters. The Bertz CT molecular complexity index is 1060. The van der Waals surface area contributed by atoms with Crippen LogP contribution in [-0.2, 0) is 11.3 Å². The number of hydrogen-bond acceptors (Lipinski definition) is 2. The number of aryl methyl sites for hydroxylation is 3. The van der Waals surface area contributed by atoms with Gasteiger partial charge in [0.05, 0.1) is 6.04 Å². The number of carbonyl (C=O) groups excluding carboxylic acids is 1. The average Bonchev–Trinajstić information content (AvgIpc) is 2.96. The van der Waals surface area contributed by atoms with E-state index >= 15 is 0 Å². The van der Waals surface area contributed by atoms with Crippen LogP contribution in [0.1, 0.15) is 39.4 Å². The normalized spacial score (nSPS) is 16.6.